The molecular formula is C14H15N3OS. The number of nitrogens with zero attached hydrogens (tertiary/aromatic N) is 2. The van der Waals surface area contributed by atoms with Crippen molar-refractivity contribution in [2.75, 3.05) is 5.32 Å². The van der Waals surface area contributed by atoms with Crippen LogP contribution in [0.15, 0.2) is 35.2 Å². The van der Waals surface area contributed by atoms with Gasteiger partial charge in [-0.05, 0) is 25.5 Å². The first-order valence-electron chi connectivity index (χ1n) is 6.31. The summed E-state index contributed by atoms with van der Waals surface area (Å²) in [5.41, 5.74) is 0.845. The fourth-order valence-electron chi connectivity index (χ4n) is 1.96. The fraction of sp³-hybridized carbons (Fsp3) is 0.286. The van der Waals surface area contributed by atoms with Gasteiger partial charge in [0, 0.05) is 17.3 Å². The minimum Gasteiger partial charge on any atom is -0.464 e. The standard InChI is InChI=1S/C14H15N3OS/c1-3-10-8-16-14(19-10)9(2)17-13-11-5-7-18-12(11)4-6-15-13/h4-9H,3H2,1-2H3,(H,15,17). The monoisotopic (exact) mass is 273 g/mol. The Morgan fingerprint density at radius 1 is 1.37 bits per heavy atom. The Bertz CT molecular complexity index is 689. The van der Waals surface area contributed by atoms with Crippen LogP contribution in [0.4, 0.5) is 5.82 Å². The average molecular weight is 273 g/mol. The van der Waals surface area contributed by atoms with Crippen LogP contribution >= 0.6 is 11.3 Å². The van der Waals surface area contributed by atoms with E-state index in [0.29, 0.717) is 0 Å². The quantitative estimate of drug-likeness (QED) is 0.780. The number of hydrogen-bond donors (Lipinski definition) is 1. The second-order valence-corrected chi connectivity index (χ2v) is 5.52. The van der Waals surface area contributed by atoms with E-state index < -0.39 is 0 Å². The van der Waals surface area contributed by atoms with Crippen LogP contribution in [0.5, 0.6) is 0 Å². The van der Waals surface area contributed by atoms with E-state index in [1.807, 2.05) is 18.3 Å². The molecule has 0 saturated heterocycles. The molecule has 0 fully saturated rings. The van der Waals surface area contributed by atoms with E-state index in [-0.39, 0.29) is 6.04 Å². The van der Waals surface area contributed by atoms with Gasteiger partial charge in [0.2, 0.25) is 0 Å². The van der Waals surface area contributed by atoms with Crippen LogP contribution < -0.4 is 5.32 Å². The van der Waals surface area contributed by atoms with Crippen LogP contribution in [-0.2, 0) is 6.42 Å². The maximum atomic E-state index is 5.37. The molecule has 4 nitrogen and oxygen atoms in total. The summed E-state index contributed by atoms with van der Waals surface area (Å²) in [6, 6.07) is 3.93. The number of nitrogens with one attached hydrogen (secondary N) is 1. The highest BCUT2D eigenvalue weighted by molar-refractivity contribution is 7.11. The minimum absolute atomic E-state index is 0.137. The highest BCUT2D eigenvalue weighted by atomic mass is 32.1. The molecule has 0 spiro atoms. The molecule has 1 atom stereocenters. The summed E-state index contributed by atoms with van der Waals surface area (Å²) < 4.78 is 5.37. The van der Waals surface area contributed by atoms with Crippen molar-refractivity contribution in [1.29, 1.82) is 0 Å². The lowest BCUT2D eigenvalue weighted by Gasteiger charge is -2.12. The average Bonchev–Trinajstić information content (AvgIpc) is 3.08. The van der Waals surface area contributed by atoms with Crippen LogP contribution in [0.25, 0.3) is 11.0 Å². The van der Waals surface area contributed by atoms with E-state index in [2.05, 4.69) is 29.1 Å². The van der Waals surface area contributed by atoms with E-state index in [1.54, 1.807) is 23.8 Å². The number of furan rings is 1. The summed E-state index contributed by atoms with van der Waals surface area (Å²) in [5, 5.41) is 5.49. The Morgan fingerprint density at radius 3 is 3.05 bits per heavy atom. The van der Waals surface area contributed by atoms with Gasteiger partial charge in [-0.3, -0.25) is 0 Å². The molecule has 3 aromatic rings. The van der Waals surface area contributed by atoms with Gasteiger partial charge < -0.3 is 9.73 Å². The maximum absolute atomic E-state index is 5.37. The van der Waals surface area contributed by atoms with Crippen molar-refractivity contribution in [2.45, 2.75) is 26.3 Å². The highest BCUT2D eigenvalue weighted by Gasteiger charge is 2.12. The van der Waals surface area contributed by atoms with Gasteiger partial charge in [-0.2, -0.15) is 0 Å². The molecule has 0 aliphatic rings. The van der Waals surface area contributed by atoms with Crippen molar-refractivity contribution in [3.05, 3.63) is 40.7 Å². The van der Waals surface area contributed by atoms with Crippen molar-refractivity contribution in [2.24, 2.45) is 0 Å². The molecule has 3 rings (SSSR count). The van der Waals surface area contributed by atoms with Crippen LogP contribution in [0.1, 0.15) is 29.8 Å². The lowest BCUT2D eigenvalue weighted by Crippen LogP contribution is -2.07. The molecular weight excluding hydrogens is 258 g/mol. The van der Waals surface area contributed by atoms with Crippen molar-refractivity contribution in [3.8, 4) is 0 Å². The summed E-state index contributed by atoms with van der Waals surface area (Å²) in [6.45, 7) is 4.24. The summed E-state index contributed by atoms with van der Waals surface area (Å²) in [5.74, 6) is 0.840. The van der Waals surface area contributed by atoms with Gasteiger partial charge in [-0.25, -0.2) is 9.97 Å². The zero-order valence-electron chi connectivity index (χ0n) is 10.9. The normalized spacial score (nSPS) is 12.7. The van der Waals surface area contributed by atoms with Crippen LogP contribution in [0.2, 0.25) is 0 Å². The molecule has 0 aromatic carbocycles. The third-order valence-corrected chi connectivity index (χ3v) is 4.35. The molecule has 1 unspecified atom stereocenters. The molecule has 19 heavy (non-hydrogen) atoms. The van der Waals surface area contributed by atoms with Gasteiger partial charge in [-0.15, -0.1) is 11.3 Å². The van der Waals surface area contributed by atoms with E-state index >= 15 is 0 Å². The molecule has 1 N–H and O–H groups in total. The number of anilines is 1. The van der Waals surface area contributed by atoms with Crippen molar-refractivity contribution >= 4 is 28.1 Å². The summed E-state index contributed by atoms with van der Waals surface area (Å²) in [6.07, 6.45) is 6.41. The van der Waals surface area contributed by atoms with Crippen molar-refractivity contribution in [1.82, 2.24) is 9.97 Å². The minimum atomic E-state index is 0.137. The maximum Gasteiger partial charge on any atom is 0.139 e. The molecule has 5 heteroatoms. The van der Waals surface area contributed by atoms with E-state index in [9.17, 15) is 0 Å². The largest absolute Gasteiger partial charge is 0.464 e. The molecule has 0 radical (unpaired) electrons. The number of rotatable bonds is 4. The summed E-state index contributed by atoms with van der Waals surface area (Å²) in [4.78, 5) is 10.1. The molecule has 3 heterocycles. The number of aromatic nitrogens is 2. The predicted molar refractivity (Wildman–Crippen MR) is 77.5 cm³/mol. The topological polar surface area (TPSA) is 51.0 Å². The highest BCUT2D eigenvalue weighted by Crippen LogP contribution is 2.27. The van der Waals surface area contributed by atoms with Gasteiger partial charge in [0.25, 0.3) is 0 Å². The summed E-state index contributed by atoms with van der Waals surface area (Å²) >= 11 is 1.74. The van der Waals surface area contributed by atoms with Gasteiger partial charge in [0.15, 0.2) is 0 Å². The van der Waals surface area contributed by atoms with Crippen LogP contribution in [0.3, 0.4) is 0 Å². The first-order valence-corrected chi connectivity index (χ1v) is 7.13. The molecule has 0 saturated carbocycles. The van der Waals surface area contributed by atoms with Crippen molar-refractivity contribution < 1.29 is 4.42 Å². The fourth-order valence-corrected chi connectivity index (χ4v) is 2.82. The van der Waals surface area contributed by atoms with Crippen LogP contribution in [-0.4, -0.2) is 9.97 Å². The molecule has 0 aliphatic heterocycles. The number of hydrogen-bond acceptors (Lipinski definition) is 5. The SMILES string of the molecule is CCc1cnc(C(C)Nc2nccc3occc23)s1. The zero-order valence-corrected chi connectivity index (χ0v) is 11.7. The van der Waals surface area contributed by atoms with Crippen LogP contribution in [0, 0.1) is 0 Å². The van der Waals surface area contributed by atoms with E-state index in [1.165, 1.54) is 4.88 Å². The third kappa shape index (κ3) is 2.33. The first-order chi connectivity index (χ1) is 9.28. The lowest BCUT2D eigenvalue weighted by molar-refractivity contribution is 0.615. The van der Waals surface area contributed by atoms with Gasteiger partial charge in [-0.1, -0.05) is 6.92 Å². The number of aryl methyl sites for hydroxylation is 1. The molecule has 3 aromatic heterocycles. The molecule has 98 valence electrons. The lowest BCUT2D eigenvalue weighted by atomic mass is 10.3. The van der Waals surface area contributed by atoms with Crippen molar-refractivity contribution in [3.63, 3.8) is 0 Å². The molecule has 0 aliphatic carbocycles. The molecule has 0 amide bonds. The van der Waals surface area contributed by atoms with Gasteiger partial charge in [0.1, 0.15) is 16.4 Å². The van der Waals surface area contributed by atoms with E-state index in [0.717, 1.165) is 28.2 Å². The Morgan fingerprint density at radius 2 is 2.26 bits per heavy atom. The van der Waals surface area contributed by atoms with Gasteiger partial charge >= 0.3 is 0 Å². The smallest absolute Gasteiger partial charge is 0.139 e. The van der Waals surface area contributed by atoms with E-state index in [4.69, 9.17) is 4.42 Å². The second kappa shape index (κ2) is 5.01. The Hall–Kier alpha value is -1.88. The summed E-state index contributed by atoms with van der Waals surface area (Å²) in [7, 11) is 0. The Labute approximate surface area is 115 Å². The second-order valence-electron chi connectivity index (χ2n) is 4.38. The number of thiazole rings is 1. The Balaban J connectivity index is 1.86. The Kier molecular flexibility index (Phi) is 3.21. The molecule has 0 bridgehead atoms. The van der Waals surface area contributed by atoms with Gasteiger partial charge in [0.05, 0.1) is 17.7 Å². The predicted octanol–water partition coefficient (Wildman–Crippen LogP) is 4.02. The first kappa shape index (κ1) is 12.2. The zero-order chi connectivity index (χ0) is 13.2. The number of fused-ring (bicyclic) bond motifs is 1. The number of pyridine rings is 1. The third-order valence-electron chi connectivity index (χ3n) is 3.02.